The molecule has 0 aliphatic rings. The summed E-state index contributed by atoms with van der Waals surface area (Å²) in [4.78, 5) is 11.8. The first-order valence-corrected chi connectivity index (χ1v) is 7.65. The number of hydrogen-bond donors (Lipinski definition) is 3. The molecule has 2 amide bonds. The Kier molecular flexibility index (Phi) is 4.77. The van der Waals surface area contributed by atoms with Crippen LogP contribution >= 0.6 is 0 Å². The number of nitrogens with zero attached hydrogens (tertiary/aromatic N) is 1. The van der Waals surface area contributed by atoms with Gasteiger partial charge in [0.2, 0.25) is 0 Å². The second kappa shape index (κ2) is 7.14. The highest BCUT2D eigenvalue weighted by molar-refractivity contribution is 6.00. The second-order valence-corrected chi connectivity index (χ2v) is 5.41. The van der Waals surface area contributed by atoms with Crippen molar-refractivity contribution in [2.75, 3.05) is 18.5 Å². The average Bonchev–Trinajstić information content (AvgIpc) is 2.99. The van der Waals surface area contributed by atoms with Gasteiger partial charge in [-0.15, -0.1) is 0 Å². The quantitative estimate of drug-likeness (QED) is 0.674. The Labute approximate surface area is 138 Å². The molecule has 3 rings (SSSR count). The molecule has 0 aliphatic carbocycles. The van der Waals surface area contributed by atoms with Crippen molar-refractivity contribution >= 4 is 22.6 Å². The zero-order chi connectivity index (χ0) is 16.9. The molecular formula is C18H18FN3O2. The molecule has 5 nitrogen and oxygen atoms in total. The number of hydrogen-bond acceptors (Lipinski definition) is 2. The number of benzene rings is 2. The van der Waals surface area contributed by atoms with Crippen molar-refractivity contribution in [3.8, 4) is 0 Å². The Morgan fingerprint density at radius 2 is 1.92 bits per heavy atom. The van der Waals surface area contributed by atoms with Crippen molar-refractivity contribution < 1.29 is 14.3 Å². The zero-order valence-electron chi connectivity index (χ0n) is 13.0. The number of fused-ring (bicyclic) bond motifs is 1. The minimum absolute atomic E-state index is 0.105. The highest BCUT2D eigenvalue weighted by Gasteiger charge is 2.08. The van der Waals surface area contributed by atoms with Crippen molar-refractivity contribution in [2.24, 2.45) is 0 Å². The standard InChI is InChI=1S/C18H18FN3O2/c19-14-6-4-13(5-7-14)12-22-10-8-15-16(2-1-3-17(15)22)21-18(24)20-9-11-23/h1-8,10,23H,9,11-12H2,(H2,20,21,24). The predicted octanol–water partition coefficient (Wildman–Crippen LogP) is 2.94. The molecular weight excluding hydrogens is 309 g/mol. The fraction of sp³-hybridized carbons (Fsp3) is 0.167. The molecule has 3 aromatic rings. The van der Waals surface area contributed by atoms with E-state index < -0.39 is 0 Å². The van der Waals surface area contributed by atoms with Crippen molar-refractivity contribution in [2.45, 2.75) is 6.54 Å². The predicted molar refractivity (Wildman–Crippen MR) is 91.5 cm³/mol. The van der Waals surface area contributed by atoms with Crippen LogP contribution in [0.4, 0.5) is 14.9 Å². The molecule has 6 heteroatoms. The third kappa shape index (κ3) is 3.55. The molecule has 1 aromatic heterocycles. The Bertz CT molecular complexity index is 843. The van der Waals surface area contributed by atoms with Crippen LogP contribution in [0, 0.1) is 5.82 Å². The van der Waals surface area contributed by atoms with Gasteiger partial charge in [-0.2, -0.15) is 0 Å². The first-order chi connectivity index (χ1) is 11.7. The van der Waals surface area contributed by atoms with Gasteiger partial charge in [0, 0.05) is 24.7 Å². The number of halogens is 1. The summed E-state index contributed by atoms with van der Waals surface area (Å²) >= 11 is 0. The van der Waals surface area contributed by atoms with Crippen LogP contribution in [0.3, 0.4) is 0 Å². The molecule has 0 fully saturated rings. The number of nitrogens with one attached hydrogen (secondary N) is 2. The lowest BCUT2D eigenvalue weighted by molar-refractivity contribution is 0.245. The van der Waals surface area contributed by atoms with Gasteiger partial charge >= 0.3 is 6.03 Å². The van der Waals surface area contributed by atoms with E-state index in [0.29, 0.717) is 12.2 Å². The number of urea groups is 1. The third-order valence-electron chi connectivity index (χ3n) is 3.73. The summed E-state index contributed by atoms with van der Waals surface area (Å²) in [6, 6.07) is 13.6. The molecule has 24 heavy (non-hydrogen) atoms. The normalized spacial score (nSPS) is 10.8. The van der Waals surface area contributed by atoms with Crippen LogP contribution in [-0.4, -0.2) is 28.9 Å². The van der Waals surface area contributed by atoms with Crippen LogP contribution in [0.2, 0.25) is 0 Å². The van der Waals surface area contributed by atoms with Gasteiger partial charge in [0.05, 0.1) is 17.8 Å². The first kappa shape index (κ1) is 16.0. The Hall–Kier alpha value is -2.86. The van der Waals surface area contributed by atoms with Gasteiger partial charge in [-0.3, -0.25) is 0 Å². The lowest BCUT2D eigenvalue weighted by Crippen LogP contribution is -2.30. The number of aliphatic hydroxyl groups excluding tert-OH is 1. The Morgan fingerprint density at radius 1 is 1.12 bits per heavy atom. The molecule has 2 aromatic carbocycles. The molecule has 0 aliphatic heterocycles. The van der Waals surface area contributed by atoms with Crippen LogP contribution < -0.4 is 10.6 Å². The molecule has 0 radical (unpaired) electrons. The number of aromatic nitrogens is 1. The van der Waals surface area contributed by atoms with E-state index in [2.05, 4.69) is 10.6 Å². The van der Waals surface area contributed by atoms with Crippen LogP contribution in [0.1, 0.15) is 5.56 Å². The molecule has 0 bridgehead atoms. The highest BCUT2D eigenvalue weighted by Crippen LogP contribution is 2.25. The van der Waals surface area contributed by atoms with Crippen LogP contribution in [-0.2, 0) is 6.54 Å². The second-order valence-electron chi connectivity index (χ2n) is 5.41. The lowest BCUT2D eigenvalue weighted by Gasteiger charge is -2.09. The van der Waals surface area contributed by atoms with Gasteiger partial charge in [-0.05, 0) is 35.9 Å². The van der Waals surface area contributed by atoms with Gasteiger partial charge in [0.25, 0.3) is 0 Å². The van der Waals surface area contributed by atoms with Gasteiger partial charge in [0.1, 0.15) is 5.82 Å². The molecule has 124 valence electrons. The summed E-state index contributed by atoms with van der Waals surface area (Å²) in [5, 5.41) is 15.0. The number of carbonyl (C=O) groups excluding carboxylic acids is 1. The Balaban J connectivity index is 1.83. The number of aliphatic hydroxyl groups is 1. The third-order valence-corrected chi connectivity index (χ3v) is 3.73. The maximum absolute atomic E-state index is 13.0. The monoisotopic (exact) mass is 327 g/mol. The zero-order valence-corrected chi connectivity index (χ0v) is 13.0. The Morgan fingerprint density at radius 3 is 2.67 bits per heavy atom. The average molecular weight is 327 g/mol. The molecule has 0 spiro atoms. The van der Waals surface area contributed by atoms with E-state index in [1.54, 1.807) is 12.1 Å². The van der Waals surface area contributed by atoms with E-state index in [-0.39, 0.29) is 25.0 Å². The van der Waals surface area contributed by atoms with E-state index in [1.807, 2.05) is 35.0 Å². The number of rotatable bonds is 5. The first-order valence-electron chi connectivity index (χ1n) is 7.65. The SMILES string of the molecule is O=C(NCCO)Nc1cccc2c1ccn2Cc1ccc(F)cc1. The fourth-order valence-electron chi connectivity index (χ4n) is 2.59. The van der Waals surface area contributed by atoms with Gasteiger partial charge in [0.15, 0.2) is 0 Å². The van der Waals surface area contributed by atoms with E-state index in [4.69, 9.17) is 5.11 Å². The molecule has 0 atom stereocenters. The smallest absolute Gasteiger partial charge is 0.319 e. The van der Waals surface area contributed by atoms with Crippen molar-refractivity contribution in [3.63, 3.8) is 0 Å². The van der Waals surface area contributed by atoms with Gasteiger partial charge in [-0.1, -0.05) is 18.2 Å². The maximum atomic E-state index is 13.0. The number of amides is 2. The summed E-state index contributed by atoms with van der Waals surface area (Å²) in [7, 11) is 0. The molecule has 0 saturated carbocycles. The van der Waals surface area contributed by atoms with E-state index in [1.165, 1.54) is 12.1 Å². The minimum atomic E-state index is -0.358. The van der Waals surface area contributed by atoms with Gasteiger partial charge < -0.3 is 20.3 Å². The van der Waals surface area contributed by atoms with Crippen molar-refractivity contribution in [1.29, 1.82) is 0 Å². The highest BCUT2D eigenvalue weighted by atomic mass is 19.1. The number of carbonyl (C=O) groups is 1. The summed E-state index contributed by atoms with van der Waals surface area (Å²) < 4.78 is 15.1. The van der Waals surface area contributed by atoms with Crippen LogP contribution in [0.15, 0.2) is 54.7 Å². The lowest BCUT2D eigenvalue weighted by atomic mass is 10.2. The van der Waals surface area contributed by atoms with E-state index >= 15 is 0 Å². The molecule has 0 unspecified atom stereocenters. The van der Waals surface area contributed by atoms with Crippen molar-refractivity contribution in [1.82, 2.24) is 9.88 Å². The summed E-state index contributed by atoms with van der Waals surface area (Å²) in [5.74, 6) is -0.253. The molecule has 1 heterocycles. The van der Waals surface area contributed by atoms with Crippen LogP contribution in [0.5, 0.6) is 0 Å². The molecule has 0 saturated heterocycles. The minimum Gasteiger partial charge on any atom is -0.395 e. The summed E-state index contributed by atoms with van der Waals surface area (Å²) in [6.45, 7) is 0.711. The largest absolute Gasteiger partial charge is 0.395 e. The van der Waals surface area contributed by atoms with Crippen LogP contribution in [0.25, 0.3) is 10.9 Å². The summed E-state index contributed by atoms with van der Waals surface area (Å²) in [6.07, 6.45) is 1.94. The van der Waals surface area contributed by atoms with Gasteiger partial charge in [-0.25, -0.2) is 9.18 Å². The van der Waals surface area contributed by atoms with Crippen molar-refractivity contribution in [3.05, 3.63) is 66.1 Å². The van der Waals surface area contributed by atoms with E-state index in [9.17, 15) is 9.18 Å². The number of anilines is 1. The summed E-state index contributed by atoms with van der Waals surface area (Å²) in [5.41, 5.74) is 2.66. The van der Waals surface area contributed by atoms with E-state index in [0.717, 1.165) is 16.5 Å². The maximum Gasteiger partial charge on any atom is 0.319 e. The fourth-order valence-corrected chi connectivity index (χ4v) is 2.59. The molecule has 3 N–H and O–H groups in total. The topological polar surface area (TPSA) is 66.3 Å².